The number of halogens is 2. The number of carbonyl (C=O) groups is 1. The summed E-state index contributed by atoms with van der Waals surface area (Å²) in [4.78, 5) is 11.2. The Bertz CT molecular complexity index is 321. The molecule has 0 fully saturated rings. The maximum atomic E-state index is 11.2. The van der Waals surface area contributed by atoms with E-state index in [1.165, 1.54) is 0 Å². The maximum Gasteiger partial charge on any atom is 0.150 e. The van der Waals surface area contributed by atoms with E-state index in [2.05, 4.69) is 0 Å². The second-order valence-electron chi connectivity index (χ2n) is 3.21. The Kier molecular flexibility index (Phi) is 4.43. The molecule has 76 valence electrons. The fourth-order valence-corrected chi connectivity index (χ4v) is 1.48. The summed E-state index contributed by atoms with van der Waals surface area (Å²) >= 11 is 11.5. The molecule has 0 aliphatic rings. The van der Waals surface area contributed by atoms with Crippen LogP contribution in [0.25, 0.3) is 0 Å². The predicted molar refractivity (Wildman–Crippen MR) is 60.1 cm³/mol. The van der Waals surface area contributed by atoms with Crippen LogP contribution in [0, 0.1) is 0 Å². The minimum absolute atomic E-state index is 0.0756. The molecule has 0 spiro atoms. The number of alkyl halides is 1. The van der Waals surface area contributed by atoms with Gasteiger partial charge in [-0.2, -0.15) is 0 Å². The zero-order chi connectivity index (χ0) is 10.6. The van der Waals surface area contributed by atoms with Crippen molar-refractivity contribution in [3.05, 3.63) is 34.9 Å². The molecular formula is C11H12Cl2O. The van der Waals surface area contributed by atoms with E-state index in [1.807, 2.05) is 24.3 Å². The van der Waals surface area contributed by atoms with E-state index in [0.29, 0.717) is 17.9 Å². The van der Waals surface area contributed by atoms with Gasteiger partial charge in [-0.15, -0.1) is 11.6 Å². The van der Waals surface area contributed by atoms with Crippen LogP contribution in [-0.4, -0.2) is 11.2 Å². The van der Waals surface area contributed by atoms with Crippen LogP contribution in [0.1, 0.15) is 18.9 Å². The molecule has 14 heavy (non-hydrogen) atoms. The van der Waals surface area contributed by atoms with Crippen molar-refractivity contribution in [3.8, 4) is 0 Å². The van der Waals surface area contributed by atoms with E-state index < -0.39 is 5.38 Å². The lowest BCUT2D eigenvalue weighted by Gasteiger charge is -2.02. The highest BCUT2D eigenvalue weighted by molar-refractivity contribution is 6.31. The fraction of sp³-hybridized carbons (Fsp3) is 0.364. The number of benzene rings is 1. The lowest BCUT2D eigenvalue weighted by Crippen LogP contribution is -2.10. The van der Waals surface area contributed by atoms with Gasteiger partial charge in [0.2, 0.25) is 0 Å². The van der Waals surface area contributed by atoms with Crippen LogP contribution in [0.5, 0.6) is 0 Å². The van der Waals surface area contributed by atoms with Gasteiger partial charge in [0.05, 0.1) is 5.38 Å². The molecule has 1 atom stereocenters. The van der Waals surface area contributed by atoms with Gasteiger partial charge in [0.15, 0.2) is 5.78 Å². The third-order valence-electron chi connectivity index (χ3n) is 1.99. The first kappa shape index (κ1) is 11.5. The van der Waals surface area contributed by atoms with E-state index in [1.54, 1.807) is 6.92 Å². The number of ketones is 1. The molecule has 1 nitrogen and oxygen atoms in total. The average molecular weight is 231 g/mol. The summed E-state index contributed by atoms with van der Waals surface area (Å²) in [6.45, 7) is 1.70. The van der Waals surface area contributed by atoms with Gasteiger partial charge in [-0.1, -0.05) is 23.7 Å². The molecule has 0 aliphatic heterocycles. The smallest absolute Gasteiger partial charge is 0.150 e. The summed E-state index contributed by atoms with van der Waals surface area (Å²) in [5.41, 5.74) is 1.07. The van der Waals surface area contributed by atoms with E-state index in [4.69, 9.17) is 23.2 Å². The van der Waals surface area contributed by atoms with Crippen LogP contribution in [0.4, 0.5) is 0 Å². The minimum Gasteiger partial charge on any atom is -0.298 e. The Morgan fingerprint density at radius 2 is 2.21 bits per heavy atom. The van der Waals surface area contributed by atoms with Crippen LogP contribution < -0.4 is 0 Å². The summed E-state index contributed by atoms with van der Waals surface area (Å²) in [6.07, 6.45) is 1.18. The third-order valence-corrected chi connectivity index (χ3v) is 2.47. The lowest BCUT2D eigenvalue weighted by molar-refractivity contribution is -0.118. The van der Waals surface area contributed by atoms with Crippen molar-refractivity contribution < 1.29 is 4.79 Å². The largest absolute Gasteiger partial charge is 0.298 e. The SMILES string of the molecule is CC(Cl)C(=O)CCc1cccc(Cl)c1. The Morgan fingerprint density at radius 1 is 1.50 bits per heavy atom. The highest BCUT2D eigenvalue weighted by Crippen LogP contribution is 2.13. The molecule has 0 bridgehead atoms. The highest BCUT2D eigenvalue weighted by atomic mass is 35.5. The van der Waals surface area contributed by atoms with Gasteiger partial charge in [0.25, 0.3) is 0 Å². The van der Waals surface area contributed by atoms with E-state index >= 15 is 0 Å². The van der Waals surface area contributed by atoms with Crippen molar-refractivity contribution in [3.63, 3.8) is 0 Å². The van der Waals surface area contributed by atoms with Crippen molar-refractivity contribution in [2.75, 3.05) is 0 Å². The molecule has 0 saturated heterocycles. The molecule has 0 saturated carbocycles. The quantitative estimate of drug-likeness (QED) is 0.725. The van der Waals surface area contributed by atoms with E-state index in [-0.39, 0.29) is 5.78 Å². The summed E-state index contributed by atoms with van der Waals surface area (Å²) in [7, 11) is 0. The van der Waals surface area contributed by atoms with E-state index in [0.717, 1.165) is 5.56 Å². The number of carbonyl (C=O) groups excluding carboxylic acids is 1. The zero-order valence-corrected chi connectivity index (χ0v) is 9.48. The zero-order valence-electron chi connectivity index (χ0n) is 7.97. The number of hydrogen-bond donors (Lipinski definition) is 0. The number of aryl methyl sites for hydroxylation is 1. The molecule has 1 aromatic rings. The second-order valence-corrected chi connectivity index (χ2v) is 4.30. The molecule has 0 heterocycles. The van der Waals surface area contributed by atoms with Crippen LogP contribution in [0.15, 0.2) is 24.3 Å². The Hall–Kier alpha value is -0.530. The first-order valence-electron chi connectivity index (χ1n) is 4.51. The summed E-state index contributed by atoms with van der Waals surface area (Å²) in [6, 6.07) is 7.52. The van der Waals surface area contributed by atoms with Crippen molar-refractivity contribution in [1.82, 2.24) is 0 Å². The molecule has 0 N–H and O–H groups in total. The van der Waals surface area contributed by atoms with Crippen molar-refractivity contribution in [1.29, 1.82) is 0 Å². The topological polar surface area (TPSA) is 17.1 Å². The van der Waals surface area contributed by atoms with Gasteiger partial charge >= 0.3 is 0 Å². The molecule has 0 aliphatic carbocycles. The molecule has 0 amide bonds. The lowest BCUT2D eigenvalue weighted by atomic mass is 10.1. The molecule has 0 radical (unpaired) electrons. The second kappa shape index (κ2) is 5.38. The van der Waals surface area contributed by atoms with Gasteiger partial charge in [-0.3, -0.25) is 4.79 Å². The Morgan fingerprint density at radius 3 is 2.79 bits per heavy atom. The van der Waals surface area contributed by atoms with Crippen LogP contribution in [0.3, 0.4) is 0 Å². The molecular weight excluding hydrogens is 219 g/mol. The third kappa shape index (κ3) is 3.69. The fourth-order valence-electron chi connectivity index (χ4n) is 1.16. The first-order chi connectivity index (χ1) is 6.59. The number of hydrogen-bond acceptors (Lipinski definition) is 1. The molecule has 1 unspecified atom stereocenters. The Labute approximate surface area is 94.0 Å². The van der Waals surface area contributed by atoms with Crippen molar-refractivity contribution in [2.24, 2.45) is 0 Å². The molecule has 0 aromatic heterocycles. The van der Waals surface area contributed by atoms with Crippen molar-refractivity contribution >= 4 is 29.0 Å². The van der Waals surface area contributed by atoms with Crippen LogP contribution >= 0.6 is 23.2 Å². The predicted octanol–water partition coefficient (Wildman–Crippen LogP) is 3.47. The standard InChI is InChI=1S/C11H12Cl2O/c1-8(12)11(14)6-5-9-3-2-4-10(13)7-9/h2-4,7-8H,5-6H2,1H3. The number of Topliss-reactive ketones (excluding diaryl/α,β-unsaturated/α-hetero) is 1. The van der Waals surface area contributed by atoms with Crippen LogP contribution in [0.2, 0.25) is 5.02 Å². The summed E-state index contributed by atoms with van der Waals surface area (Å²) in [5, 5.41) is 0.308. The van der Waals surface area contributed by atoms with Gasteiger partial charge in [0, 0.05) is 11.4 Å². The van der Waals surface area contributed by atoms with Gasteiger partial charge in [0.1, 0.15) is 0 Å². The molecule has 1 aromatic carbocycles. The van der Waals surface area contributed by atoms with Crippen LogP contribution in [-0.2, 0) is 11.2 Å². The summed E-state index contributed by atoms with van der Waals surface area (Å²) in [5.74, 6) is 0.0756. The first-order valence-corrected chi connectivity index (χ1v) is 5.32. The normalized spacial score (nSPS) is 12.5. The van der Waals surface area contributed by atoms with Gasteiger partial charge in [-0.25, -0.2) is 0 Å². The summed E-state index contributed by atoms with van der Waals surface area (Å²) < 4.78 is 0. The van der Waals surface area contributed by atoms with Gasteiger partial charge < -0.3 is 0 Å². The molecule has 3 heteroatoms. The maximum absolute atomic E-state index is 11.2. The minimum atomic E-state index is -0.394. The van der Waals surface area contributed by atoms with E-state index in [9.17, 15) is 4.79 Å². The van der Waals surface area contributed by atoms with Gasteiger partial charge in [-0.05, 0) is 31.0 Å². The number of rotatable bonds is 4. The molecule has 1 rings (SSSR count). The average Bonchev–Trinajstić information content (AvgIpc) is 2.14. The highest BCUT2D eigenvalue weighted by Gasteiger charge is 2.08. The Balaban J connectivity index is 2.50. The monoisotopic (exact) mass is 230 g/mol. The van der Waals surface area contributed by atoms with Crippen molar-refractivity contribution in [2.45, 2.75) is 25.1 Å².